The third-order valence-electron chi connectivity index (χ3n) is 6.28. The quantitative estimate of drug-likeness (QED) is 0.884. The largest absolute Gasteiger partial charge is 0.341 e. The number of benzene rings is 1. The van der Waals surface area contributed by atoms with Gasteiger partial charge in [-0.2, -0.15) is 0 Å². The molecule has 3 heterocycles. The predicted molar refractivity (Wildman–Crippen MR) is 102 cm³/mol. The van der Waals surface area contributed by atoms with Crippen LogP contribution in [-0.2, 0) is 4.79 Å². The van der Waals surface area contributed by atoms with Gasteiger partial charge in [0.05, 0.1) is 17.4 Å². The number of hydrogen-bond acceptors (Lipinski definition) is 4. The molecular formula is C20H29N5O. The number of piperidine rings is 1. The highest BCUT2D eigenvalue weighted by atomic mass is 16.2. The summed E-state index contributed by atoms with van der Waals surface area (Å²) in [5.74, 6) is 1.57. The Morgan fingerprint density at radius 2 is 2.08 bits per heavy atom. The average Bonchev–Trinajstić information content (AvgIpc) is 3.33. The summed E-state index contributed by atoms with van der Waals surface area (Å²) < 4.78 is 2.00. The van der Waals surface area contributed by atoms with Crippen molar-refractivity contribution in [3.8, 4) is 0 Å². The maximum absolute atomic E-state index is 13.0. The number of hydrogen-bond donors (Lipinski definition) is 2. The lowest BCUT2D eigenvalue weighted by Gasteiger charge is -2.37. The second-order valence-corrected chi connectivity index (χ2v) is 7.70. The van der Waals surface area contributed by atoms with Gasteiger partial charge in [-0.05, 0) is 43.7 Å². The zero-order chi connectivity index (χ0) is 18.1. The first-order valence-electron chi connectivity index (χ1n) is 9.87. The molecule has 2 aliphatic rings. The highest BCUT2D eigenvalue weighted by molar-refractivity contribution is 5.83. The van der Waals surface area contributed by atoms with Crippen LogP contribution in [0.3, 0.4) is 0 Å². The molecule has 0 aliphatic carbocycles. The van der Waals surface area contributed by atoms with E-state index in [-0.39, 0.29) is 11.9 Å². The van der Waals surface area contributed by atoms with Gasteiger partial charge < -0.3 is 9.47 Å². The van der Waals surface area contributed by atoms with Gasteiger partial charge in [0.15, 0.2) is 0 Å². The van der Waals surface area contributed by atoms with Crippen LogP contribution in [0.15, 0.2) is 30.6 Å². The Bertz CT molecular complexity index is 764. The van der Waals surface area contributed by atoms with Crippen LogP contribution >= 0.6 is 0 Å². The van der Waals surface area contributed by atoms with Crippen molar-refractivity contribution >= 4 is 16.9 Å². The molecule has 2 fully saturated rings. The molecule has 0 radical (unpaired) electrons. The average molecular weight is 355 g/mol. The van der Waals surface area contributed by atoms with Crippen molar-refractivity contribution in [1.82, 2.24) is 25.3 Å². The molecule has 1 aromatic heterocycles. The molecule has 3 atom stereocenters. The summed E-state index contributed by atoms with van der Waals surface area (Å²) >= 11 is 0. The summed E-state index contributed by atoms with van der Waals surface area (Å²) in [5, 5.41) is 0. The zero-order valence-corrected chi connectivity index (χ0v) is 15.7. The molecule has 0 saturated carbocycles. The van der Waals surface area contributed by atoms with Crippen molar-refractivity contribution in [1.29, 1.82) is 0 Å². The van der Waals surface area contributed by atoms with Crippen LogP contribution in [0.4, 0.5) is 0 Å². The fourth-order valence-electron chi connectivity index (χ4n) is 4.60. The zero-order valence-electron chi connectivity index (χ0n) is 15.7. The van der Waals surface area contributed by atoms with Crippen LogP contribution in [0.25, 0.3) is 11.0 Å². The fraction of sp³-hybridized carbons (Fsp3) is 0.600. The molecule has 2 N–H and O–H groups in total. The first-order chi connectivity index (χ1) is 12.7. The Morgan fingerprint density at radius 3 is 2.85 bits per heavy atom. The number of carbonyl (C=O) groups excluding carboxylic acids is 1. The SMILES string of the molecule is CCC1CNNC1C1CCN(C(=O)C(C)n2cnc3ccccc32)CC1. The summed E-state index contributed by atoms with van der Waals surface area (Å²) in [6.07, 6.45) is 5.16. The number of amides is 1. The summed E-state index contributed by atoms with van der Waals surface area (Å²) in [6.45, 7) is 7.02. The summed E-state index contributed by atoms with van der Waals surface area (Å²) in [4.78, 5) is 19.5. The van der Waals surface area contributed by atoms with E-state index in [0.29, 0.717) is 17.9 Å². The molecule has 26 heavy (non-hydrogen) atoms. The Labute approximate surface area is 154 Å². The van der Waals surface area contributed by atoms with Crippen molar-refractivity contribution in [3.63, 3.8) is 0 Å². The third kappa shape index (κ3) is 3.12. The number of likely N-dealkylation sites (tertiary alicyclic amines) is 1. The van der Waals surface area contributed by atoms with Crippen LogP contribution in [0.5, 0.6) is 0 Å². The molecule has 1 aromatic carbocycles. The molecule has 2 aliphatic heterocycles. The Kier molecular flexibility index (Phi) is 4.96. The van der Waals surface area contributed by atoms with Gasteiger partial charge in [-0.1, -0.05) is 25.5 Å². The third-order valence-corrected chi connectivity index (χ3v) is 6.28. The van der Waals surface area contributed by atoms with Crippen molar-refractivity contribution in [2.75, 3.05) is 19.6 Å². The highest BCUT2D eigenvalue weighted by Crippen LogP contribution is 2.29. The summed E-state index contributed by atoms with van der Waals surface area (Å²) in [5.41, 5.74) is 8.75. The number of hydrazine groups is 1. The molecule has 0 spiro atoms. The van der Waals surface area contributed by atoms with E-state index in [0.717, 1.165) is 43.5 Å². The van der Waals surface area contributed by atoms with Crippen LogP contribution < -0.4 is 10.9 Å². The Balaban J connectivity index is 1.40. The molecule has 2 saturated heterocycles. The van der Waals surface area contributed by atoms with E-state index < -0.39 is 0 Å². The normalized spacial score (nSPS) is 25.7. The number of fused-ring (bicyclic) bond motifs is 1. The van der Waals surface area contributed by atoms with E-state index >= 15 is 0 Å². The van der Waals surface area contributed by atoms with Crippen LogP contribution in [0.1, 0.15) is 39.2 Å². The smallest absolute Gasteiger partial charge is 0.245 e. The topological polar surface area (TPSA) is 62.2 Å². The fourth-order valence-corrected chi connectivity index (χ4v) is 4.60. The van der Waals surface area contributed by atoms with Crippen molar-refractivity contribution in [3.05, 3.63) is 30.6 Å². The molecule has 2 aromatic rings. The number of rotatable bonds is 4. The van der Waals surface area contributed by atoms with Gasteiger partial charge >= 0.3 is 0 Å². The first-order valence-corrected chi connectivity index (χ1v) is 9.87. The second-order valence-electron chi connectivity index (χ2n) is 7.70. The van der Waals surface area contributed by atoms with E-state index in [9.17, 15) is 4.79 Å². The van der Waals surface area contributed by atoms with Gasteiger partial charge in [-0.15, -0.1) is 0 Å². The molecule has 6 heteroatoms. The Morgan fingerprint density at radius 1 is 1.31 bits per heavy atom. The molecule has 0 bridgehead atoms. The first kappa shape index (κ1) is 17.5. The minimum Gasteiger partial charge on any atom is -0.341 e. The van der Waals surface area contributed by atoms with Crippen LogP contribution in [-0.4, -0.2) is 46.0 Å². The molecule has 4 rings (SSSR count). The molecular weight excluding hydrogens is 326 g/mol. The molecule has 3 unspecified atom stereocenters. The molecule has 140 valence electrons. The van der Waals surface area contributed by atoms with Gasteiger partial charge in [0.25, 0.3) is 0 Å². The minimum absolute atomic E-state index is 0.205. The van der Waals surface area contributed by atoms with Gasteiger partial charge in [-0.3, -0.25) is 15.6 Å². The number of nitrogens with one attached hydrogen (secondary N) is 2. The van der Waals surface area contributed by atoms with Gasteiger partial charge in [0, 0.05) is 25.7 Å². The maximum Gasteiger partial charge on any atom is 0.245 e. The van der Waals surface area contributed by atoms with Crippen molar-refractivity contribution in [2.24, 2.45) is 11.8 Å². The Hall–Kier alpha value is -1.92. The van der Waals surface area contributed by atoms with Gasteiger partial charge in [0.2, 0.25) is 5.91 Å². The molecule has 6 nitrogen and oxygen atoms in total. The highest BCUT2D eigenvalue weighted by Gasteiger charge is 2.36. The van der Waals surface area contributed by atoms with Crippen molar-refractivity contribution < 1.29 is 4.79 Å². The van der Waals surface area contributed by atoms with Crippen LogP contribution in [0, 0.1) is 11.8 Å². The van der Waals surface area contributed by atoms with Gasteiger partial charge in [0.1, 0.15) is 6.04 Å². The lowest BCUT2D eigenvalue weighted by Crippen LogP contribution is -2.47. The van der Waals surface area contributed by atoms with E-state index in [4.69, 9.17) is 0 Å². The summed E-state index contributed by atoms with van der Waals surface area (Å²) in [6, 6.07) is 8.33. The van der Waals surface area contributed by atoms with Crippen molar-refractivity contribution in [2.45, 2.75) is 45.2 Å². The lowest BCUT2D eigenvalue weighted by atomic mass is 9.82. The number of aromatic nitrogens is 2. The monoisotopic (exact) mass is 355 g/mol. The lowest BCUT2D eigenvalue weighted by molar-refractivity contribution is -0.135. The molecule has 1 amide bonds. The summed E-state index contributed by atoms with van der Waals surface area (Å²) in [7, 11) is 0. The van der Waals surface area contributed by atoms with Crippen LogP contribution in [0.2, 0.25) is 0 Å². The number of para-hydroxylation sites is 2. The maximum atomic E-state index is 13.0. The predicted octanol–water partition coefficient (Wildman–Crippen LogP) is 2.34. The minimum atomic E-state index is -0.214. The van der Waals surface area contributed by atoms with E-state index in [1.165, 1.54) is 6.42 Å². The van der Waals surface area contributed by atoms with E-state index in [2.05, 4.69) is 22.8 Å². The second kappa shape index (κ2) is 7.37. The van der Waals surface area contributed by atoms with E-state index in [1.807, 2.05) is 40.7 Å². The van der Waals surface area contributed by atoms with E-state index in [1.54, 1.807) is 6.33 Å². The number of carbonyl (C=O) groups is 1. The standard InChI is InChI=1S/C20H29N5O/c1-3-15-12-22-23-19(15)16-8-10-24(11-9-16)20(26)14(2)25-13-21-17-6-4-5-7-18(17)25/h4-7,13-16,19,22-23H,3,8-12H2,1-2H3. The van der Waals surface area contributed by atoms with Gasteiger partial charge in [-0.25, -0.2) is 4.98 Å². The number of imidazole rings is 1. The number of nitrogens with zero attached hydrogens (tertiary/aromatic N) is 3.